The summed E-state index contributed by atoms with van der Waals surface area (Å²) in [7, 11) is 0. The van der Waals surface area contributed by atoms with Gasteiger partial charge in [-0.05, 0) is 12.1 Å². The van der Waals surface area contributed by atoms with E-state index in [2.05, 4.69) is 10.6 Å². The molecule has 6 heteroatoms. The summed E-state index contributed by atoms with van der Waals surface area (Å²) in [5.74, 6) is 0.334. The Balaban J connectivity index is 2.20. The molecule has 0 fully saturated rings. The molecule has 1 atom stereocenters. The predicted molar refractivity (Wildman–Crippen MR) is 77.1 cm³/mol. The zero-order chi connectivity index (χ0) is 14.1. The van der Waals surface area contributed by atoms with Crippen molar-refractivity contribution in [2.24, 2.45) is 0 Å². The third-order valence-electron chi connectivity index (χ3n) is 2.27. The highest BCUT2D eigenvalue weighted by Gasteiger charge is 2.14. The lowest BCUT2D eigenvalue weighted by Crippen LogP contribution is -2.28. The largest absolute Gasteiger partial charge is 0.382 e. The summed E-state index contributed by atoms with van der Waals surface area (Å²) < 4.78 is 0. The maximum absolute atomic E-state index is 11.6. The number of aliphatic hydroxyl groups is 1. The third-order valence-corrected chi connectivity index (χ3v) is 3.23. The molecular weight excluding hydrogens is 264 g/mol. The van der Waals surface area contributed by atoms with Crippen LogP contribution in [0, 0.1) is 0 Å². The van der Waals surface area contributed by atoms with Crippen LogP contribution in [0.3, 0.4) is 0 Å². The maximum atomic E-state index is 11.6. The first-order valence-electron chi connectivity index (χ1n) is 5.97. The van der Waals surface area contributed by atoms with Crippen molar-refractivity contribution in [3.8, 4) is 0 Å². The minimum Gasteiger partial charge on any atom is -0.382 e. The number of anilines is 1. The lowest BCUT2D eigenvalue weighted by atomic mass is 10.3. The van der Waals surface area contributed by atoms with Crippen LogP contribution in [-0.4, -0.2) is 41.1 Å². The van der Waals surface area contributed by atoms with Crippen molar-refractivity contribution in [3.63, 3.8) is 0 Å². The van der Waals surface area contributed by atoms with Crippen molar-refractivity contribution in [2.45, 2.75) is 13.0 Å². The Bertz CT molecular complexity index is 412. The van der Waals surface area contributed by atoms with E-state index >= 15 is 0 Å². The topological polar surface area (TPSA) is 78.4 Å². The number of amides is 1. The van der Waals surface area contributed by atoms with Crippen LogP contribution in [0.25, 0.3) is 0 Å². The average molecular weight is 282 g/mol. The molecule has 1 amide bonds. The number of para-hydroxylation sites is 1. The fraction of sp³-hybridized carbons (Fsp3) is 0.385. The highest BCUT2D eigenvalue weighted by Crippen LogP contribution is 2.08. The monoisotopic (exact) mass is 282 g/mol. The van der Waals surface area contributed by atoms with Crippen molar-refractivity contribution < 1.29 is 14.7 Å². The number of hydrogen-bond acceptors (Lipinski definition) is 5. The minimum absolute atomic E-state index is 0.126. The van der Waals surface area contributed by atoms with E-state index in [0.717, 1.165) is 17.4 Å². The first kappa shape index (κ1) is 15.5. The highest BCUT2D eigenvalue weighted by molar-refractivity contribution is 8.13. The Morgan fingerprint density at radius 1 is 1.32 bits per heavy atom. The molecule has 0 aliphatic carbocycles. The molecule has 0 bridgehead atoms. The first-order valence-corrected chi connectivity index (χ1v) is 6.96. The van der Waals surface area contributed by atoms with Crippen LogP contribution in [0.15, 0.2) is 30.3 Å². The van der Waals surface area contributed by atoms with E-state index in [1.165, 1.54) is 6.92 Å². The van der Waals surface area contributed by atoms with Crippen LogP contribution >= 0.6 is 11.8 Å². The van der Waals surface area contributed by atoms with Crippen molar-refractivity contribution in [1.82, 2.24) is 5.32 Å². The number of carbonyl (C=O) groups is 2. The second-order valence-corrected chi connectivity index (χ2v) is 5.01. The second-order valence-electron chi connectivity index (χ2n) is 3.91. The van der Waals surface area contributed by atoms with Gasteiger partial charge in [-0.25, -0.2) is 0 Å². The average Bonchev–Trinajstić information content (AvgIpc) is 2.41. The zero-order valence-corrected chi connectivity index (χ0v) is 11.6. The maximum Gasteiger partial charge on any atom is 0.219 e. The SMILES string of the molecule is CC(=O)NCCSC(=O)C(O)CNc1ccccc1. The summed E-state index contributed by atoms with van der Waals surface area (Å²) in [6, 6.07) is 9.37. The van der Waals surface area contributed by atoms with Crippen molar-refractivity contribution in [3.05, 3.63) is 30.3 Å². The predicted octanol–water partition coefficient (Wildman–Crippen LogP) is 0.855. The summed E-state index contributed by atoms with van der Waals surface area (Å²) in [5, 5.41) is 14.9. The van der Waals surface area contributed by atoms with E-state index in [1.54, 1.807) is 0 Å². The molecule has 0 saturated carbocycles. The van der Waals surface area contributed by atoms with Gasteiger partial charge < -0.3 is 15.7 Å². The summed E-state index contributed by atoms with van der Waals surface area (Å²) >= 11 is 1.02. The molecule has 0 heterocycles. The van der Waals surface area contributed by atoms with E-state index in [9.17, 15) is 14.7 Å². The summed E-state index contributed by atoms with van der Waals surface area (Å²) in [4.78, 5) is 22.2. The molecule has 0 spiro atoms. The van der Waals surface area contributed by atoms with Gasteiger partial charge in [0.05, 0.1) is 0 Å². The molecule has 19 heavy (non-hydrogen) atoms. The van der Waals surface area contributed by atoms with Crippen LogP contribution in [0.2, 0.25) is 0 Å². The van der Waals surface area contributed by atoms with Crippen LogP contribution < -0.4 is 10.6 Å². The van der Waals surface area contributed by atoms with Gasteiger partial charge in [0.2, 0.25) is 11.0 Å². The molecule has 5 nitrogen and oxygen atoms in total. The fourth-order valence-electron chi connectivity index (χ4n) is 1.33. The van der Waals surface area contributed by atoms with Gasteiger partial charge >= 0.3 is 0 Å². The van der Waals surface area contributed by atoms with Gasteiger partial charge in [-0.2, -0.15) is 0 Å². The lowest BCUT2D eigenvalue weighted by molar-refractivity contribution is -0.119. The lowest BCUT2D eigenvalue weighted by Gasteiger charge is -2.11. The van der Waals surface area contributed by atoms with Gasteiger partial charge in [0, 0.05) is 31.5 Å². The van der Waals surface area contributed by atoms with Crippen molar-refractivity contribution >= 4 is 28.5 Å². The van der Waals surface area contributed by atoms with Gasteiger partial charge in [-0.1, -0.05) is 30.0 Å². The molecule has 3 N–H and O–H groups in total. The Kier molecular flexibility index (Phi) is 6.99. The number of thioether (sulfide) groups is 1. The second kappa shape index (κ2) is 8.55. The minimum atomic E-state index is -1.05. The number of hydrogen-bond donors (Lipinski definition) is 3. The molecule has 1 aromatic rings. The van der Waals surface area contributed by atoms with Gasteiger partial charge in [-0.3, -0.25) is 9.59 Å². The Morgan fingerprint density at radius 3 is 2.63 bits per heavy atom. The smallest absolute Gasteiger partial charge is 0.219 e. The van der Waals surface area contributed by atoms with Gasteiger partial charge in [-0.15, -0.1) is 0 Å². The molecule has 0 saturated heterocycles. The number of benzene rings is 1. The molecule has 0 aliphatic heterocycles. The van der Waals surface area contributed by atoms with Gasteiger partial charge in [0.25, 0.3) is 0 Å². The van der Waals surface area contributed by atoms with E-state index in [1.807, 2.05) is 30.3 Å². The Hall–Kier alpha value is -1.53. The molecule has 104 valence electrons. The van der Waals surface area contributed by atoms with Crippen LogP contribution in [0.4, 0.5) is 5.69 Å². The molecule has 0 radical (unpaired) electrons. The highest BCUT2D eigenvalue weighted by atomic mass is 32.2. The number of rotatable bonds is 7. The van der Waals surface area contributed by atoms with Gasteiger partial charge in [0.15, 0.2) is 0 Å². The molecule has 1 unspecified atom stereocenters. The number of aliphatic hydroxyl groups excluding tert-OH is 1. The zero-order valence-electron chi connectivity index (χ0n) is 10.8. The third kappa shape index (κ3) is 6.83. The van der Waals surface area contributed by atoms with Crippen molar-refractivity contribution in [2.75, 3.05) is 24.2 Å². The van der Waals surface area contributed by atoms with E-state index in [0.29, 0.717) is 12.3 Å². The normalized spacial score (nSPS) is 11.7. The summed E-state index contributed by atoms with van der Waals surface area (Å²) in [5.41, 5.74) is 0.859. The van der Waals surface area contributed by atoms with Crippen molar-refractivity contribution in [1.29, 1.82) is 0 Å². The molecular formula is C13H18N2O3S. The number of carbonyl (C=O) groups excluding carboxylic acids is 2. The standard InChI is InChI=1S/C13H18N2O3S/c1-10(16)14-7-8-19-13(18)12(17)9-15-11-5-3-2-4-6-11/h2-6,12,15,17H,7-9H2,1H3,(H,14,16). The van der Waals surface area contributed by atoms with Gasteiger partial charge in [0.1, 0.15) is 6.10 Å². The van der Waals surface area contributed by atoms with E-state index < -0.39 is 6.10 Å². The first-order chi connectivity index (χ1) is 9.09. The number of nitrogens with one attached hydrogen (secondary N) is 2. The summed E-state index contributed by atoms with van der Waals surface area (Å²) in [6.45, 7) is 2.02. The molecule has 0 aliphatic rings. The van der Waals surface area contributed by atoms with E-state index in [4.69, 9.17) is 0 Å². The molecule has 1 rings (SSSR count). The van der Waals surface area contributed by atoms with Crippen LogP contribution in [-0.2, 0) is 9.59 Å². The molecule has 1 aromatic carbocycles. The Labute approximate surface area is 116 Å². The summed E-state index contributed by atoms with van der Waals surface area (Å²) in [6.07, 6.45) is -1.05. The van der Waals surface area contributed by atoms with E-state index in [-0.39, 0.29) is 17.6 Å². The van der Waals surface area contributed by atoms with Crippen LogP contribution in [0.1, 0.15) is 6.92 Å². The molecule has 0 aromatic heterocycles. The van der Waals surface area contributed by atoms with Crippen LogP contribution in [0.5, 0.6) is 0 Å². The Morgan fingerprint density at radius 2 is 2.00 bits per heavy atom. The fourth-order valence-corrected chi connectivity index (χ4v) is 2.01. The quantitative estimate of drug-likeness (QED) is 0.646.